The van der Waals surface area contributed by atoms with Gasteiger partial charge in [0.05, 0.1) is 30.7 Å². The molecule has 0 spiro atoms. The second-order valence-corrected chi connectivity index (χ2v) is 8.08. The molecular formula is C24H19ClN2O6. The summed E-state index contributed by atoms with van der Waals surface area (Å²) in [6.45, 7) is 0.178. The smallest absolute Gasteiger partial charge is 0.311 e. The number of halogens is 1. The number of aliphatic hydroxyl groups is 1. The van der Waals surface area contributed by atoms with E-state index in [9.17, 15) is 24.8 Å². The molecule has 1 atom stereocenters. The number of nitrogens with zero attached hydrogens (tertiary/aromatic N) is 2. The molecule has 1 N–H and O–H groups in total. The van der Waals surface area contributed by atoms with Gasteiger partial charge in [-0.15, -0.1) is 0 Å². The molecule has 9 heteroatoms. The van der Waals surface area contributed by atoms with Crippen molar-refractivity contribution >= 4 is 34.7 Å². The van der Waals surface area contributed by atoms with Crippen molar-refractivity contribution in [3.05, 3.63) is 98.6 Å². The maximum absolute atomic E-state index is 13.4. The zero-order valence-electron chi connectivity index (χ0n) is 17.5. The molecule has 3 aromatic rings. The van der Waals surface area contributed by atoms with Gasteiger partial charge < -0.3 is 14.7 Å². The van der Waals surface area contributed by atoms with Crippen molar-refractivity contribution in [2.75, 3.05) is 12.0 Å². The molecule has 4 rings (SSSR count). The summed E-state index contributed by atoms with van der Waals surface area (Å²) in [5.41, 5.74) is -0.887. The largest absolute Gasteiger partial charge is 0.490 e. The third-order valence-corrected chi connectivity index (χ3v) is 5.86. The van der Waals surface area contributed by atoms with Crippen LogP contribution in [0.15, 0.2) is 66.7 Å². The third-order valence-electron chi connectivity index (χ3n) is 5.61. The molecule has 0 aliphatic carbocycles. The first-order chi connectivity index (χ1) is 15.7. The van der Waals surface area contributed by atoms with E-state index in [0.717, 1.165) is 11.6 Å². The van der Waals surface area contributed by atoms with E-state index in [0.29, 0.717) is 16.3 Å². The minimum atomic E-state index is -2.10. The molecular weight excluding hydrogens is 448 g/mol. The van der Waals surface area contributed by atoms with Gasteiger partial charge in [-0.1, -0.05) is 41.9 Å². The standard InChI is InChI=1S/C24H19ClN2O6/c1-33-22-11-8-16(12-20(22)27(31)32)21(28)13-24(30)18-4-2-3-5-19(18)26(23(24)29)14-15-6-9-17(25)10-7-15/h2-12,30H,13-14H2,1H3/t24-/m0/s1. The summed E-state index contributed by atoms with van der Waals surface area (Å²) in [7, 11) is 1.29. The molecule has 1 amide bonds. The van der Waals surface area contributed by atoms with Gasteiger partial charge in [-0.05, 0) is 35.9 Å². The van der Waals surface area contributed by atoms with E-state index in [-0.39, 0.29) is 23.5 Å². The van der Waals surface area contributed by atoms with Gasteiger partial charge in [-0.25, -0.2) is 0 Å². The third kappa shape index (κ3) is 4.06. The highest BCUT2D eigenvalue weighted by Crippen LogP contribution is 2.43. The second-order valence-electron chi connectivity index (χ2n) is 7.64. The number of hydrogen-bond acceptors (Lipinski definition) is 6. The van der Waals surface area contributed by atoms with E-state index in [1.54, 1.807) is 48.5 Å². The summed E-state index contributed by atoms with van der Waals surface area (Å²) in [6.07, 6.45) is -0.566. The molecule has 0 saturated carbocycles. The van der Waals surface area contributed by atoms with Crippen LogP contribution in [0.5, 0.6) is 5.75 Å². The summed E-state index contributed by atoms with van der Waals surface area (Å²) in [5, 5.41) is 23.3. The number of ether oxygens (including phenoxy) is 1. The fraction of sp³-hybridized carbons (Fsp3) is 0.167. The van der Waals surface area contributed by atoms with Crippen molar-refractivity contribution in [2.24, 2.45) is 0 Å². The molecule has 1 aliphatic heterocycles. The Bertz CT molecular complexity index is 1260. The highest BCUT2D eigenvalue weighted by Gasteiger charge is 2.50. The maximum Gasteiger partial charge on any atom is 0.311 e. The monoisotopic (exact) mass is 466 g/mol. The lowest BCUT2D eigenvalue weighted by molar-refractivity contribution is -0.385. The number of amides is 1. The Morgan fingerprint density at radius 2 is 1.85 bits per heavy atom. The maximum atomic E-state index is 13.4. The number of benzene rings is 3. The molecule has 1 aliphatic rings. The zero-order chi connectivity index (χ0) is 23.8. The molecule has 8 nitrogen and oxygen atoms in total. The average Bonchev–Trinajstić information content (AvgIpc) is 3.01. The van der Waals surface area contributed by atoms with E-state index in [1.807, 2.05) is 0 Å². The lowest BCUT2D eigenvalue weighted by Gasteiger charge is -2.23. The van der Waals surface area contributed by atoms with Gasteiger partial charge in [0.1, 0.15) is 0 Å². The van der Waals surface area contributed by atoms with Crippen LogP contribution in [0.4, 0.5) is 11.4 Å². The number of para-hydroxylation sites is 1. The van der Waals surface area contributed by atoms with E-state index in [1.165, 1.54) is 24.1 Å². The molecule has 33 heavy (non-hydrogen) atoms. The zero-order valence-corrected chi connectivity index (χ0v) is 18.3. The van der Waals surface area contributed by atoms with Gasteiger partial charge in [-0.3, -0.25) is 19.7 Å². The quantitative estimate of drug-likeness (QED) is 0.316. The normalized spacial score (nSPS) is 17.1. The van der Waals surface area contributed by atoms with Gasteiger partial charge >= 0.3 is 5.69 Å². The van der Waals surface area contributed by atoms with E-state index < -0.39 is 28.6 Å². The first-order valence-corrected chi connectivity index (χ1v) is 10.4. The van der Waals surface area contributed by atoms with Crippen LogP contribution >= 0.6 is 11.6 Å². The van der Waals surface area contributed by atoms with Crippen LogP contribution in [0.25, 0.3) is 0 Å². The van der Waals surface area contributed by atoms with Gasteiger partial charge in [-0.2, -0.15) is 0 Å². The van der Waals surface area contributed by atoms with Crippen molar-refractivity contribution in [1.29, 1.82) is 0 Å². The first kappa shape index (κ1) is 22.4. The predicted octanol–water partition coefficient (Wildman–Crippen LogP) is 4.26. The average molecular weight is 467 g/mol. The van der Waals surface area contributed by atoms with Crippen LogP contribution in [-0.4, -0.2) is 28.8 Å². The van der Waals surface area contributed by atoms with Gasteiger partial charge in [0, 0.05) is 22.2 Å². The Morgan fingerprint density at radius 3 is 2.52 bits per heavy atom. The number of nitro groups is 1. The Morgan fingerprint density at radius 1 is 1.15 bits per heavy atom. The molecule has 0 unspecified atom stereocenters. The van der Waals surface area contributed by atoms with E-state index in [4.69, 9.17) is 16.3 Å². The molecule has 0 fully saturated rings. The Hall–Kier alpha value is -3.75. The Balaban J connectivity index is 1.67. The summed E-state index contributed by atoms with van der Waals surface area (Å²) in [6, 6.07) is 17.4. The van der Waals surface area contributed by atoms with Crippen LogP contribution in [0.3, 0.4) is 0 Å². The first-order valence-electron chi connectivity index (χ1n) is 9.98. The number of methoxy groups -OCH3 is 1. The molecule has 3 aromatic carbocycles. The van der Waals surface area contributed by atoms with Crippen LogP contribution < -0.4 is 9.64 Å². The van der Waals surface area contributed by atoms with Crippen molar-refractivity contribution in [3.8, 4) is 5.75 Å². The van der Waals surface area contributed by atoms with Crippen molar-refractivity contribution in [2.45, 2.75) is 18.6 Å². The number of ketones is 1. The summed E-state index contributed by atoms with van der Waals surface area (Å²) in [4.78, 5) is 38.5. The van der Waals surface area contributed by atoms with Crippen molar-refractivity contribution in [3.63, 3.8) is 0 Å². The molecule has 168 valence electrons. The number of nitro benzene ring substituents is 1. The molecule has 0 aromatic heterocycles. The van der Waals surface area contributed by atoms with Crippen molar-refractivity contribution < 1.29 is 24.4 Å². The number of carbonyl (C=O) groups is 2. The van der Waals surface area contributed by atoms with Crippen molar-refractivity contribution in [1.82, 2.24) is 0 Å². The summed E-state index contributed by atoms with van der Waals surface area (Å²) < 4.78 is 4.96. The molecule has 0 saturated heterocycles. The Labute approximate surface area is 194 Å². The SMILES string of the molecule is COc1ccc(C(=O)C[C@@]2(O)C(=O)N(Cc3ccc(Cl)cc3)c3ccccc32)cc1[N+](=O)[O-]. The second kappa shape index (κ2) is 8.65. The highest BCUT2D eigenvalue weighted by atomic mass is 35.5. The van der Waals surface area contributed by atoms with Crippen LogP contribution in [0, 0.1) is 10.1 Å². The predicted molar refractivity (Wildman–Crippen MR) is 122 cm³/mol. The summed E-state index contributed by atoms with van der Waals surface area (Å²) in [5.74, 6) is -1.25. The van der Waals surface area contributed by atoms with E-state index >= 15 is 0 Å². The lowest BCUT2D eigenvalue weighted by Crippen LogP contribution is -2.41. The van der Waals surface area contributed by atoms with Gasteiger partial charge in [0.15, 0.2) is 17.1 Å². The highest BCUT2D eigenvalue weighted by molar-refractivity contribution is 6.30. The fourth-order valence-electron chi connectivity index (χ4n) is 3.95. The number of rotatable bonds is 7. The minimum absolute atomic E-state index is 0.00245. The van der Waals surface area contributed by atoms with E-state index in [2.05, 4.69) is 0 Å². The number of anilines is 1. The minimum Gasteiger partial charge on any atom is -0.490 e. The summed E-state index contributed by atoms with van der Waals surface area (Å²) >= 11 is 5.94. The number of fused-ring (bicyclic) bond motifs is 1. The molecule has 0 radical (unpaired) electrons. The Kier molecular flexibility index (Phi) is 5.88. The fourth-order valence-corrected chi connectivity index (χ4v) is 4.07. The molecule has 1 heterocycles. The number of hydrogen-bond donors (Lipinski definition) is 1. The topological polar surface area (TPSA) is 110 Å². The van der Waals surface area contributed by atoms with Gasteiger partial charge in [0.25, 0.3) is 5.91 Å². The van der Waals surface area contributed by atoms with Crippen LogP contribution in [-0.2, 0) is 16.9 Å². The van der Waals surface area contributed by atoms with Gasteiger partial charge in [0.2, 0.25) is 0 Å². The number of carbonyl (C=O) groups excluding carboxylic acids is 2. The molecule has 0 bridgehead atoms. The number of Topliss-reactive ketones (excluding diaryl/α,β-unsaturated/α-hetero) is 1. The van der Waals surface area contributed by atoms with Crippen LogP contribution in [0.1, 0.15) is 27.9 Å². The van der Waals surface area contributed by atoms with Crippen LogP contribution in [0.2, 0.25) is 5.02 Å². The lowest BCUT2D eigenvalue weighted by atomic mass is 9.88.